The van der Waals surface area contributed by atoms with Crippen LogP contribution in [0.5, 0.6) is 17.2 Å². The number of hydrogen-bond acceptors (Lipinski definition) is 3. The first-order chi connectivity index (χ1) is 18.8. The molecule has 208 valence electrons. The molecule has 4 aromatic carbocycles. The maximum atomic E-state index is 5.34. The summed E-state index contributed by atoms with van der Waals surface area (Å²) in [7, 11) is 4.95. The summed E-state index contributed by atoms with van der Waals surface area (Å²) in [4.78, 5) is 0. The van der Waals surface area contributed by atoms with Crippen LogP contribution in [-0.2, 0) is 29.8 Å². The molecule has 4 aromatic rings. The molecule has 0 unspecified atom stereocenters. The van der Waals surface area contributed by atoms with Crippen molar-refractivity contribution < 1.29 is 37.5 Å². The smallest absolute Gasteiger partial charge is 0.171 e. The molecule has 7 heteroatoms. The van der Waals surface area contributed by atoms with Crippen LogP contribution in [0.4, 0.5) is 0 Å². The average Bonchev–Trinajstić information content (AvgIpc) is 3.71. The predicted octanol–water partition coefficient (Wildman–Crippen LogP) is 7.82. The molecule has 0 N–H and O–H groups in total. The Balaban J connectivity index is 0.000000594. The van der Waals surface area contributed by atoms with Gasteiger partial charge in [-0.1, -0.05) is 11.6 Å². The van der Waals surface area contributed by atoms with Crippen LogP contribution in [0.2, 0.25) is 0 Å². The van der Waals surface area contributed by atoms with E-state index in [0.717, 1.165) is 29.7 Å². The van der Waals surface area contributed by atoms with E-state index in [1.807, 2.05) is 84.9 Å². The summed E-state index contributed by atoms with van der Waals surface area (Å²) >= 11 is 1.36. The monoisotopic (exact) mass is 664 g/mol. The van der Waals surface area contributed by atoms with Crippen LogP contribution >= 0.6 is 24.8 Å². The number of ether oxygens (including phenoxy) is 3. The van der Waals surface area contributed by atoms with Gasteiger partial charge >= 0.3 is 30.2 Å². The molecule has 0 atom stereocenters. The zero-order chi connectivity index (χ0) is 27.4. The van der Waals surface area contributed by atoms with Crippen molar-refractivity contribution in [3.8, 4) is 28.4 Å². The van der Waals surface area contributed by atoms with Gasteiger partial charge in [0.05, 0.1) is 21.3 Å². The maximum Gasteiger partial charge on any atom is -0.171 e. The first-order valence-corrected chi connectivity index (χ1v) is 16.1. The zero-order valence-corrected chi connectivity index (χ0v) is 27.9. The zero-order valence-electron chi connectivity index (χ0n) is 22.8. The van der Waals surface area contributed by atoms with Crippen molar-refractivity contribution in [3.05, 3.63) is 139 Å². The summed E-state index contributed by atoms with van der Waals surface area (Å²) in [6.07, 6.45) is 10.8. The van der Waals surface area contributed by atoms with Gasteiger partial charge in [0.2, 0.25) is 0 Å². The van der Waals surface area contributed by atoms with E-state index in [-0.39, 0.29) is 24.8 Å². The molecular weight excluding hydrogens is 635 g/mol. The van der Waals surface area contributed by atoms with E-state index < -0.39 is 0 Å². The first-order valence-electron chi connectivity index (χ1n) is 11.9. The van der Waals surface area contributed by atoms with E-state index in [4.69, 9.17) is 14.2 Å². The quantitative estimate of drug-likeness (QED) is 0.145. The second-order valence-corrected chi connectivity index (χ2v) is 7.62. The minimum absolute atomic E-state index is 0. The van der Waals surface area contributed by atoms with Crippen molar-refractivity contribution in [3.63, 3.8) is 0 Å². The minimum atomic E-state index is 0. The molecule has 0 heterocycles. The molecule has 0 bridgehead atoms. The molecule has 0 spiro atoms. The standard InChI is InChI=1S/C16H15O3.2C6H5.C5H5.2ClH.Si.Zr/c1-17-12-4-5-13-10(7-12)6-11-8-15(18-2)16(19-3)9-14(11)13;2*1-2-4-6-5-3-1;1-2-4-5-3-1;;;;/h4-5,7,9H,6H2,1-3H3;2*1-5H;1-3H,4H2;2*1H;;/q4*-1;;;;. The van der Waals surface area contributed by atoms with E-state index in [2.05, 4.69) is 49.4 Å². The Morgan fingerprint density at radius 1 is 0.750 bits per heavy atom. The maximum absolute atomic E-state index is 5.34. The molecule has 2 radical (unpaired) electrons. The van der Waals surface area contributed by atoms with Crippen LogP contribution in [0.3, 0.4) is 0 Å². The van der Waals surface area contributed by atoms with Gasteiger partial charge < -0.3 is 14.2 Å². The van der Waals surface area contributed by atoms with Crippen molar-refractivity contribution >= 4 is 31.7 Å². The molecule has 40 heavy (non-hydrogen) atoms. The summed E-state index contributed by atoms with van der Waals surface area (Å²) in [5.41, 5.74) is 4.77. The molecule has 6 rings (SSSR count). The fraction of sp³-hybridized carbons (Fsp3) is 0.152. The van der Waals surface area contributed by atoms with Gasteiger partial charge in [0.1, 0.15) is 5.75 Å². The van der Waals surface area contributed by atoms with Crippen molar-refractivity contribution in [1.82, 2.24) is 0 Å². The normalized spacial score (nSPS) is 10.2. The number of halogens is 2. The van der Waals surface area contributed by atoms with E-state index in [1.165, 1.54) is 34.5 Å². The Bertz CT molecular complexity index is 1170. The number of allylic oxidation sites excluding steroid dienone is 4. The van der Waals surface area contributed by atoms with Gasteiger partial charge in [-0.2, -0.15) is 78.9 Å². The molecule has 2 aliphatic carbocycles. The van der Waals surface area contributed by atoms with E-state index in [1.54, 1.807) is 21.3 Å². The summed E-state index contributed by atoms with van der Waals surface area (Å²) < 4.78 is 15.9. The van der Waals surface area contributed by atoms with Gasteiger partial charge in [-0.3, -0.25) is 6.08 Å². The van der Waals surface area contributed by atoms with Gasteiger partial charge in [0.25, 0.3) is 0 Å². The summed E-state index contributed by atoms with van der Waals surface area (Å²) in [6, 6.07) is 36.4. The summed E-state index contributed by atoms with van der Waals surface area (Å²) in [5, 5.41) is 0. The number of hydrogen-bond donors (Lipinski definition) is 0. The fourth-order valence-corrected chi connectivity index (χ4v) is 3.55. The number of methoxy groups -OCH3 is 3. The topological polar surface area (TPSA) is 27.7 Å². The van der Waals surface area contributed by atoms with E-state index >= 15 is 0 Å². The Labute approximate surface area is 268 Å². The third-order valence-corrected chi connectivity index (χ3v) is 5.28. The Hall–Kier alpha value is -2.56. The molecule has 0 fully saturated rings. The van der Waals surface area contributed by atoms with Gasteiger partial charge in [-0.25, -0.2) is 12.2 Å². The first kappa shape index (κ1) is 37.4. The third-order valence-electron chi connectivity index (χ3n) is 5.28. The molecular formula is C33H32Cl2O3SiZr-4. The molecule has 0 amide bonds. The van der Waals surface area contributed by atoms with Gasteiger partial charge in [0.15, 0.2) is 0 Å². The van der Waals surface area contributed by atoms with Crippen LogP contribution < -0.4 is 14.2 Å². The van der Waals surface area contributed by atoms with Gasteiger partial charge in [0, 0.05) is 11.5 Å². The second-order valence-electron chi connectivity index (χ2n) is 7.62. The third kappa shape index (κ3) is 12.7. The van der Waals surface area contributed by atoms with Crippen molar-refractivity contribution in [1.29, 1.82) is 0 Å². The van der Waals surface area contributed by atoms with Gasteiger partial charge in [-0.15, -0.1) is 54.5 Å². The summed E-state index contributed by atoms with van der Waals surface area (Å²) in [6.45, 7) is 3.06. The average molecular weight is 667 g/mol. The predicted molar refractivity (Wildman–Crippen MR) is 166 cm³/mol. The minimum Gasteiger partial charge on any atom is -0.184 e. The van der Waals surface area contributed by atoms with Crippen LogP contribution in [0.15, 0.2) is 103 Å². The van der Waals surface area contributed by atoms with Crippen molar-refractivity contribution in [2.24, 2.45) is 0 Å². The van der Waals surface area contributed by atoms with Crippen molar-refractivity contribution in [2.45, 2.75) is 12.8 Å². The van der Waals surface area contributed by atoms with Crippen LogP contribution in [0.25, 0.3) is 11.1 Å². The van der Waals surface area contributed by atoms with E-state index in [9.17, 15) is 0 Å². The molecule has 0 saturated heterocycles. The Morgan fingerprint density at radius 2 is 1.38 bits per heavy atom. The SMILES string of the molecule is COc1ccc2c(c1)Cc1[c-]c(OC)c(OC)cc1-2.Cl.Cl.[C-]1=CC=CC1.[Si]=[Zr].[c-]1ccccc1.[c-]1ccccc1. The summed E-state index contributed by atoms with van der Waals surface area (Å²) in [5.74, 6) is 2.25. The van der Waals surface area contributed by atoms with Crippen LogP contribution in [0, 0.1) is 24.3 Å². The van der Waals surface area contributed by atoms with Crippen LogP contribution in [-0.4, -0.2) is 28.2 Å². The molecule has 0 aromatic heterocycles. The largest absolute Gasteiger partial charge is 0.184 e. The molecule has 0 saturated carbocycles. The Kier molecular flexibility index (Phi) is 21.7. The molecule has 2 aliphatic rings. The number of fused-ring (bicyclic) bond motifs is 3. The fourth-order valence-electron chi connectivity index (χ4n) is 3.55. The Morgan fingerprint density at radius 3 is 1.75 bits per heavy atom. The second kappa shape index (κ2) is 23.2. The molecule has 3 nitrogen and oxygen atoms in total. The van der Waals surface area contributed by atoms with Gasteiger partial charge in [-0.05, 0) is 24.1 Å². The van der Waals surface area contributed by atoms with E-state index in [0.29, 0.717) is 11.5 Å². The van der Waals surface area contributed by atoms with Crippen molar-refractivity contribution in [2.75, 3.05) is 21.3 Å². The van der Waals surface area contributed by atoms with Crippen LogP contribution in [0.1, 0.15) is 17.5 Å². The molecule has 0 aliphatic heterocycles. The number of benzene rings is 4. The number of rotatable bonds is 3.